The van der Waals surface area contributed by atoms with E-state index >= 15 is 0 Å². The van der Waals surface area contributed by atoms with Gasteiger partial charge in [-0.1, -0.05) is 0 Å². The molecular weight excluding hydrogens is 328 g/mol. The molecule has 0 spiro atoms. The van der Waals surface area contributed by atoms with Crippen LogP contribution in [0.2, 0.25) is 0 Å². The fourth-order valence-electron chi connectivity index (χ4n) is 4.22. The van der Waals surface area contributed by atoms with Gasteiger partial charge in [0.05, 0.1) is 38.1 Å². The van der Waals surface area contributed by atoms with Crippen molar-refractivity contribution in [2.24, 2.45) is 0 Å². The van der Waals surface area contributed by atoms with Gasteiger partial charge in [0.25, 0.3) is 0 Å². The summed E-state index contributed by atoms with van der Waals surface area (Å²) in [5.74, 6) is 0. The summed E-state index contributed by atoms with van der Waals surface area (Å²) < 4.78 is 34.0. The van der Waals surface area contributed by atoms with E-state index in [4.69, 9.17) is 33.5 Å². The molecule has 0 aromatic heterocycles. The van der Waals surface area contributed by atoms with Gasteiger partial charge in [-0.3, -0.25) is 0 Å². The lowest BCUT2D eigenvalue weighted by Crippen LogP contribution is -2.32. The minimum absolute atomic E-state index is 0.0788. The summed E-state index contributed by atoms with van der Waals surface area (Å²) in [5, 5.41) is 9.13. The number of ether oxygens (including phenoxy) is 6. The molecule has 0 aromatic carbocycles. The van der Waals surface area contributed by atoms with Crippen molar-refractivity contribution in [2.75, 3.05) is 47.8 Å². The highest BCUT2D eigenvalue weighted by atomic mass is 16.7. The van der Waals surface area contributed by atoms with Crippen molar-refractivity contribution in [3.05, 3.63) is 0 Å². The highest BCUT2D eigenvalue weighted by molar-refractivity contribution is 5.16. The summed E-state index contributed by atoms with van der Waals surface area (Å²) in [6, 6.07) is 0. The van der Waals surface area contributed by atoms with Crippen LogP contribution in [-0.2, 0) is 28.4 Å². The second-order valence-electron chi connectivity index (χ2n) is 7.70. The first-order valence-electron chi connectivity index (χ1n) is 9.11. The van der Waals surface area contributed by atoms with Crippen molar-refractivity contribution in [2.45, 2.75) is 67.7 Å². The van der Waals surface area contributed by atoms with Gasteiger partial charge in [0.1, 0.15) is 16.8 Å². The normalized spacial score (nSPS) is 44.8. The van der Waals surface area contributed by atoms with Crippen molar-refractivity contribution >= 4 is 0 Å². The van der Waals surface area contributed by atoms with E-state index in [1.165, 1.54) is 0 Å². The fraction of sp³-hybridized carbons (Fsp3) is 1.00. The van der Waals surface area contributed by atoms with E-state index in [0.29, 0.717) is 26.2 Å². The maximum Gasteiger partial charge on any atom is 0.121 e. The molecule has 0 bridgehead atoms. The Labute approximate surface area is 149 Å². The average Bonchev–Trinajstić information content (AvgIpc) is 3.50. The Morgan fingerprint density at radius 3 is 1.84 bits per heavy atom. The number of rotatable bonds is 13. The summed E-state index contributed by atoms with van der Waals surface area (Å²) >= 11 is 0. The first kappa shape index (κ1) is 19.5. The van der Waals surface area contributed by atoms with Crippen LogP contribution in [0.25, 0.3) is 0 Å². The molecule has 7 heteroatoms. The second-order valence-corrected chi connectivity index (χ2v) is 7.70. The zero-order chi connectivity index (χ0) is 18.1. The fourth-order valence-corrected chi connectivity index (χ4v) is 4.22. The maximum atomic E-state index is 9.13. The van der Waals surface area contributed by atoms with Crippen LogP contribution in [0.3, 0.4) is 0 Å². The van der Waals surface area contributed by atoms with Crippen LogP contribution in [0.15, 0.2) is 0 Å². The van der Waals surface area contributed by atoms with Crippen LogP contribution < -0.4 is 0 Å². The van der Waals surface area contributed by atoms with E-state index < -0.39 is 0 Å². The third-order valence-electron chi connectivity index (χ3n) is 5.89. The zero-order valence-electron chi connectivity index (χ0n) is 15.8. The predicted molar refractivity (Wildman–Crippen MR) is 89.7 cm³/mol. The SMILES string of the molecule is COC[C@]1(C[C@H]2O[C@]2(COC)C[C@H]2O[C@@]2(CCCO)COC)O[C@@H]1C. The third-order valence-corrected chi connectivity index (χ3v) is 5.89. The minimum Gasteiger partial charge on any atom is -0.396 e. The molecule has 3 fully saturated rings. The predicted octanol–water partition coefficient (Wildman–Crippen LogP) is 0.911. The van der Waals surface area contributed by atoms with Crippen molar-refractivity contribution in [3.63, 3.8) is 0 Å². The van der Waals surface area contributed by atoms with Crippen LogP contribution in [0.1, 0.15) is 32.6 Å². The Bertz CT molecular complexity index is 461. The molecule has 3 aliphatic heterocycles. The van der Waals surface area contributed by atoms with Gasteiger partial charge in [-0.05, 0) is 19.8 Å². The Balaban J connectivity index is 1.58. The highest BCUT2D eigenvalue weighted by Gasteiger charge is 2.68. The lowest BCUT2D eigenvalue weighted by atomic mass is 9.88. The van der Waals surface area contributed by atoms with Crippen LogP contribution in [0.4, 0.5) is 0 Å². The Morgan fingerprint density at radius 1 is 0.800 bits per heavy atom. The van der Waals surface area contributed by atoms with E-state index in [2.05, 4.69) is 6.92 Å². The molecular formula is C18H32O7. The first-order chi connectivity index (χ1) is 12.0. The minimum atomic E-state index is -0.319. The summed E-state index contributed by atoms with van der Waals surface area (Å²) in [5.41, 5.74) is -0.831. The molecule has 0 aromatic rings. The molecule has 3 heterocycles. The lowest BCUT2D eigenvalue weighted by Gasteiger charge is -2.15. The number of methoxy groups -OCH3 is 3. The molecule has 25 heavy (non-hydrogen) atoms. The van der Waals surface area contributed by atoms with Crippen LogP contribution in [0, 0.1) is 0 Å². The van der Waals surface area contributed by atoms with E-state index in [1.54, 1.807) is 21.3 Å². The van der Waals surface area contributed by atoms with Gasteiger partial charge in [0, 0.05) is 40.8 Å². The van der Waals surface area contributed by atoms with Crippen molar-refractivity contribution < 1.29 is 33.5 Å². The van der Waals surface area contributed by atoms with Gasteiger partial charge < -0.3 is 33.5 Å². The number of hydrogen-bond donors (Lipinski definition) is 1. The molecule has 1 N–H and O–H groups in total. The largest absolute Gasteiger partial charge is 0.396 e. The molecule has 7 nitrogen and oxygen atoms in total. The molecule has 3 saturated heterocycles. The summed E-state index contributed by atoms with van der Waals surface area (Å²) in [7, 11) is 5.08. The third kappa shape index (κ3) is 3.88. The van der Waals surface area contributed by atoms with Crippen molar-refractivity contribution in [1.29, 1.82) is 0 Å². The smallest absolute Gasteiger partial charge is 0.121 e. The summed E-state index contributed by atoms with van der Waals surface area (Å²) in [4.78, 5) is 0. The van der Waals surface area contributed by atoms with Gasteiger partial charge in [-0.2, -0.15) is 0 Å². The van der Waals surface area contributed by atoms with E-state index in [0.717, 1.165) is 19.3 Å². The van der Waals surface area contributed by atoms with Gasteiger partial charge in [-0.25, -0.2) is 0 Å². The quantitative estimate of drug-likeness (QED) is 0.489. The Hall–Kier alpha value is -0.280. The number of aliphatic hydroxyl groups excluding tert-OH is 1. The van der Waals surface area contributed by atoms with Crippen molar-refractivity contribution in [1.82, 2.24) is 0 Å². The number of hydrogen-bond acceptors (Lipinski definition) is 7. The van der Waals surface area contributed by atoms with Crippen LogP contribution >= 0.6 is 0 Å². The molecule has 0 saturated carbocycles. The second kappa shape index (κ2) is 7.38. The molecule has 0 aliphatic carbocycles. The average molecular weight is 360 g/mol. The lowest BCUT2D eigenvalue weighted by molar-refractivity contribution is 0.108. The van der Waals surface area contributed by atoms with Gasteiger partial charge in [0.15, 0.2) is 0 Å². The standard InChI is InChI=1S/C18H32O7/c1-13-17(23-13,11-21-3)8-15-18(25-15,12-22-4)9-14-16(24-14,10-20-2)6-5-7-19/h13-15,19H,5-12H2,1-4H3/t13-,14-,15-,16+,17+,18+/m1/s1. The molecule has 146 valence electrons. The summed E-state index contributed by atoms with van der Waals surface area (Å²) in [6.07, 6.45) is 3.47. The zero-order valence-corrected chi connectivity index (χ0v) is 15.8. The molecule has 3 aliphatic rings. The maximum absolute atomic E-state index is 9.13. The van der Waals surface area contributed by atoms with E-state index in [1.807, 2.05) is 0 Å². The summed E-state index contributed by atoms with van der Waals surface area (Å²) in [6.45, 7) is 3.90. The van der Waals surface area contributed by atoms with E-state index in [-0.39, 0.29) is 41.7 Å². The topological polar surface area (TPSA) is 85.5 Å². The Morgan fingerprint density at radius 2 is 1.28 bits per heavy atom. The van der Waals surface area contributed by atoms with Crippen LogP contribution in [0.5, 0.6) is 0 Å². The monoisotopic (exact) mass is 360 g/mol. The molecule has 6 atom stereocenters. The van der Waals surface area contributed by atoms with E-state index in [9.17, 15) is 0 Å². The molecule has 0 unspecified atom stereocenters. The Kier molecular flexibility index (Phi) is 5.75. The number of epoxide rings is 3. The number of aliphatic hydroxyl groups is 1. The molecule has 0 radical (unpaired) electrons. The van der Waals surface area contributed by atoms with Gasteiger partial charge >= 0.3 is 0 Å². The van der Waals surface area contributed by atoms with Crippen molar-refractivity contribution in [3.8, 4) is 0 Å². The molecule has 0 amide bonds. The molecule has 3 rings (SSSR count). The first-order valence-corrected chi connectivity index (χ1v) is 9.11. The van der Waals surface area contributed by atoms with Gasteiger partial charge in [0.2, 0.25) is 0 Å². The van der Waals surface area contributed by atoms with Gasteiger partial charge in [-0.15, -0.1) is 0 Å². The van der Waals surface area contributed by atoms with Crippen LogP contribution in [-0.4, -0.2) is 88.0 Å². The highest BCUT2D eigenvalue weighted by Crippen LogP contribution is 2.55.